The molecule has 0 fully saturated rings. The average Bonchev–Trinajstić information content (AvgIpc) is 3.91. The van der Waals surface area contributed by atoms with Gasteiger partial charge in [-0.1, -0.05) is 60.7 Å². The zero-order valence-corrected chi connectivity index (χ0v) is 39.2. The fraction of sp³-hybridized carbons (Fsp3) is 0.383. The highest BCUT2D eigenvalue weighted by Crippen LogP contribution is 2.20. The van der Waals surface area contributed by atoms with Crippen molar-refractivity contribution in [3.63, 3.8) is 0 Å². The van der Waals surface area contributed by atoms with E-state index in [0.29, 0.717) is 47.3 Å². The Bertz CT molecular complexity index is 2640. The molecule has 0 radical (unpaired) electrons. The number of hydrogen-bond donors (Lipinski definition) is 5. The molecule has 67 heavy (non-hydrogen) atoms. The van der Waals surface area contributed by atoms with E-state index in [2.05, 4.69) is 41.7 Å². The van der Waals surface area contributed by atoms with Crippen molar-refractivity contribution in [3.05, 3.63) is 131 Å². The number of aromatic nitrogens is 6. The summed E-state index contributed by atoms with van der Waals surface area (Å²) in [4.78, 5) is 62.3. The summed E-state index contributed by atoms with van der Waals surface area (Å²) in [7, 11) is 2.85. The van der Waals surface area contributed by atoms with Crippen LogP contribution in [0, 0.1) is 0 Å². The number of hydrogen-bond acceptors (Lipinski definition) is 14. The van der Waals surface area contributed by atoms with Crippen molar-refractivity contribution in [2.75, 3.05) is 27.4 Å². The second-order valence-corrected chi connectivity index (χ2v) is 17.5. The Kier molecular flexibility index (Phi) is 16.9. The molecule has 0 aliphatic rings. The second kappa shape index (κ2) is 22.3. The summed E-state index contributed by atoms with van der Waals surface area (Å²) in [5.41, 5.74) is 6.54. The molecule has 0 bridgehead atoms. The number of fused-ring (bicyclic) bond motifs is 2. The minimum absolute atomic E-state index is 0.0480. The molecule has 2 aromatic carbocycles. The number of nitrogens with zero attached hydrogens (tertiary/aromatic N) is 6. The summed E-state index contributed by atoms with van der Waals surface area (Å²) in [6.45, 7) is 12.4. The van der Waals surface area contributed by atoms with E-state index in [-0.39, 0.29) is 25.0 Å². The van der Waals surface area contributed by atoms with Crippen LogP contribution in [0.5, 0.6) is 0 Å². The van der Waals surface area contributed by atoms with E-state index in [9.17, 15) is 24.0 Å². The number of nitrogens with one attached hydrogen (secondary N) is 4. The van der Waals surface area contributed by atoms with Crippen LogP contribution >= 0.6 is 0 Å². The lowest BCUT2D eigenvalue weighted by molar-refractivity contribution is -0.128. The second-order valence-electron chi connectivity index (χ2n) is 17.5. The smallest absolute Gasteiger partial charge is 0.408 e. The Balaban J connectivity index is 0.000000256. The Morgan fingerprint density at radius 3 is 1.55 bits per heavy atom. The highest BCUT2D eigenvalue weighted by atomic mass is 16.6. The van der Waals surface area contributed by atoms with Gasteiger partial charge in [-0.3, -0.25) is 23.2 Å². The molecule has 356 valence electrons. The maximum atomic E-state index is 13.3. The lowest BCUT2D eigenvalue weighted by Gasteiger charge is -2.29. The van der Waals surface area contributed by atoms with Crippen LogP contribution in [0.4, 0.5) is 4.79 Å². The zero-order chi connectivity index (χ0) is 48.9. The fourth-order valence-electron chi connectivity index (χ4n) is 6.21. The van der Waals surface area contributed by atoms with Gasteiger partial charge in [-0.15, -0.1) is 20.4 Å². The van der Waals surface area contributed by atoms with Gasteiger partial charge in [-0.05, 0) is 83.9 Å². The van der Waals surface area contributed by atoms with Gasteiger partial charge in [0.2, 0.25) is 11.8 Å². The van der Waals surface area contributed by atoms with Gasteiger partial charge >= 0.3 is 12.1 Å². The Hall–Kier alpha value is -7.29. The van der Waals surface area contributed by atoms with Crippen LogP contribution in [-0.2, 0) is 41.8 Å². The first-order chi connectivity index (χ1) is 31.7. The van der Waals surface area contributed by atoms with Crippen molar-refractivity contribution in [2.24, 2.45) is 5.73 Å². The van der Waals surface area contributed by atoms with Crippen molar-refractivity contribution in [1.82, 2.24) is 50.5 Å². The molecule has 6 aromatic rings. The largest absolute Gasteiger partial charge is 0.465 e. The standard InChI is InChI=1S/C26H33N5O6.C21H26N6O3/c1-25(2,3)37-24(34)28-26(4,5)23(33)27-19(16-36-15-17-10-8-7-9-11-17)21-30-29-20-13-12-18(14-31(20)21)22(32)35-6;1-21(2,22)20(29)24-16(13-30-12-14-7-5-4-6-8-14)18-26-25-17-10-9-15(11-27(17)18)19(28)23-3/h7-14,19H,15-16H2,1-6H3,(H,27,33)(H,28,34);4-11,16H,12-13,22H2,1-3H3,(H,23,28)(H,24,29)/t19-;16-/m11/s1. The number of carbonyl (C=O) groups is 5. The number of amides is 4. The number of esters is 1. The van der Waals surface area contributed by atoms with Gasteiger partial charge in [-0.25, -0.2) is 9.59 Å². The van der Waals surface area contributed by atoms with Crippen LogP contribution in [0.3, 0.4) is 0 Å². The Labute approximate surface area is 388 Å². The molecular weight excluding hydrogens is 863 g/mol. The Morgan fingerprint density at radius 2 is 1.10 bits per heavy atom. The van der Waals surface area contributed by atoms with Gasteiger partial charge in [0.05, 0.1) is 50.2 Å². The monoisotopic (exact) mass is 921 g/mol. The number of rotatable bonds is 17. The normalized spacial score (nSPS) is 12.6. The van der Waals surface area contributed by atoms with Gasteiger partial charge in [0.1, 0.15) is 23.2 Å². The predicted octanol–water partition coefficient (Wildman–Crippen LogP) is 4.39. The molecule has 0 saturated heterocycles. The van der Waals surface area contributed by atoms with Crippen molar-refractivity contribution < 1.29 is 42.9 Å². The topological polar surface area (TPSA) is 257 Å². The van der Waals surface area contributed by atoms with Crippen LogP contribution in [-0.4, -0.2) is 103 Å². The third-order valence-electron chi connectivity index (χ3n) is 9.76. The van der Waals surface area contributed by atoms with Gasteiger partial charge in [0.25, 0.3) is 5.91 Å². The molecule has 4 amide bonds. The molecule has 20 heteroatoms. The first-order valence-corrected chi connectivity index (χ1v) is 21.3. The maximum Gasteiger partial charge on any atom is 0.408 e. The number of pyridine rings is 2. The number of benzene rings is 2. The molecule has 0 aliphatic carbocycles. The van der Waals surface area contributed by atoms with E-state index >= 15 is 0 Å². The molecule has 2 atom stereocenters. The number of nitrogens with two attached hydrogens (primary N) is 1. The first-order valence-electron chi connectivity index (χ1n) is 21.3. The van der Waals surface area contributed by atoms with Crippen molar-refractivity contribution in [3.8, 4) is 0 Å². The molecule has 20 nitrogen and oxygen atoms in total. The summed E-state index contributed by atoms with van der Waals surface area (Å²) in [5, 5.41) is 27.7. The lowest BCUT2D eigenvalue weighted by Crippen LogP contribution is -2.56. The van der Waals surface area contributed by atoms with E-state index in [4.69, 9.17) is 24.7 Å². The summed E-state index contributed by atoms with van der Waals surface area (Å²) >= 11 is 0. The minimum atomic E-state index is -1.32. The van der Waals surface area contributed by atoms with E-state index in [1.165, 1.54) is 13.3 Å². The highest BCUT2D eigenvalue weighted by molar-refractivity contribution is 5.94. The third-order valence-corrected chi connectivity index (χ3v) is 9.76. The summed E-state index contributed by atoms with van der Waals surface area (Å²) in [6.07, 6.45) is 2.45. The summed E-state index contributed by atoms with van der Waals surface area (Å²) in [6, 6.07) is 24.5. The quantitative estimate of drug-likeness (QED) is 0.0796. The molecule has 0 spiro atoms. The van der Waals surface area contributed by atoms with Crippen molar-refractivity contribution >= 4 is 41.1 Å². The number of methoxy groups -OCH3 is 1. The third kappa shape index (κ3) is 14.3. The SMILES string of the molecule is CNC(=O)c1ccc2nnc([C@@H](COCc3ccccc3)NC(=O)C(C)(C)N)n2c1.COC(=O)c1ccc2nnc([C@@H](COCc3ccccc3)NC(=O)C(C)(C)NC(=O)OC(C)(C)C)n2c1. The number of ether oxygens (including phenoxy) is 4. The van der Waals surface area contributed by atoms with Crippen LogP contribution in [0.2, 0.25) is 0 Å². The van der Waals surface area contributed by atoms with E-state index in [1.807, 2.05) is 60.7 Å². The number of carbonyl (C=O) groups excluding carboxylic acids is 5. The van der Waals surface area contributed by atoms with Gasteiger partial charge < -0.3 is 45.9 Å². The van der Waals surface area contributed by atoms with Crippen LogP contribution in [0.15, 0.2) is 97.3 Å². The van der Waals surface area contributed by atoms with Gasteiger partial charge in [0, 0.05) is 19.4 Å². The van der Waals surface area contributed by atoms with E-state index in [1.54, 1.807) is 94.8 Å². The van der Waals surface area contributed by atoms with E-state index < -0.39 is 46.7 Å². The van der Waals surface area contributed by atoms with Crippen LogP contribution < -0.4 is 27.0 Å². The highest BCUT2D eigenvalue weighted by Gasteiger charge is 2.35. The van der Waals surface area contributed by atoms with Crippen LogP contribution in [0.1, 0.15) is 104 Å². The molecule has 0 saturated carbocycles. The lowest BCUT2D eigenvalue weighted by atomic mass is 10.0. The average molecular weight is 922 g/mol. The fourth-order valence-corrected chi connectivity index (χ4v) is 6.21. The minimum Gasteiger partial charge on any atom is -0.465 e. The zero-order valence-electron chi connectivity index (χ0n) is 39.2. The molecular formula is C47H59N11O9. The van der Waals surface area contributed by atoms with Crippen LogP contribution in [0.25, 0.3) is 11.3 Å². The molecule has 6 N–H and O–H groups in total. The van der Waals surface area contributed by atoms with Gasteiger partial charge in [-0.2, -0.15) is 0 Å². The molecule has 4 heterocycles. The summed E-state index contributed by atoms with van der Waals surface area (Å²) < 4.78 is 25.1. The van der Waals surface area contributed by atoms with Crippen molar-refractivity contribution in [1.29, 1.82) is 0 Å². The number of alkyl carbamates (subject to hydrolysis) is 1. The van der Waals surface area contributed by atoms with Gasteiger partial charge in [0.15, 0.2) is 22.9 Å². The first kappa shape index (κ1) is 50.7. The Morgan fingerprint density at radius 1 is 0.642 bits per heavy atom. The van der Waals surface area contributed by atoms with E-state index in [0.717, 1.165) is 11.1 Å². The molecule has 6 rings (SSSR count). The summed E-state index contributed by atoms with van der Waals surface area (Å²) in [5.74, 6) is -0.815. The van der Waals surface area contributed by atoms with Crippen molar-refractivity contribution in [2.45, 2.75) is 90.4 Å². The molecule has 0 unspecified atom stereocenters. The predicted molar refractivity (Wildman–Crippen MR) is 246 cm³/mol. The maximum absolute atomic E-state index is 13.3. The molecule has 0 aliphatic heterocycles. The molecule has 4 aromatic heterocycles.